The summed E-state index contributed by atoms with van der Waals surface area (Å²) in [5, 5.41) is 6.53. The van der Waals surface area contributed by atoms with E-state index in [1.807, 2.05) is 13.0 Å². The summed E-state index contributed by atoms with van der Waals surface area (Å²) in [6.07, 6.45) is 6.47. The fourth-order valence-electron chi connectivity index (χ4n) is 3.91. The third kappa shape index (κ3) is 3.49. The molecule has 1 saturated heterocycles. The van der Waals surface area contributed by atoms with Crippen molar-refractivity contribution >= 4 is 5.91 Å². The van der Waals surface area contributed by atoms with Crippen molar-refractivity contribution in [2.24, 2.45) is 5.92 Å². The molecule has 1 amide bonds. The minimum Gasteiger partial charge on any atom is -0.352 e. The van der Waals surface area contributed by atoms with Crippen molar-refractivity contribution < 1.29 is 9.18 Å². The highest BCUT2D eigenvalue weighted by Gasteiger charge is 2.38. The van der Waals surface area contributed by atoms with Crippen LogP contribution in [0.25, 0.3) is 0 Å². The van der Waals surface area contributed by atoms with Gasteiger partial charge in [0.25, 0.3) is 0 Å². The van der Waals surface area contributed by atoms with Gasteiger partial charge in [-0.1, -0.05) is 31.0 Å². The Morgan fingerprint density at radius 2 is 2.14 bits per heavy atom. The SMILES string of the molecule is CC(Cc1ccccc1F)NC(=O)C1CC2CCCCC2N1. The lowest BCUT2D eigenvalue weighted by Crippen LogP contribution is -2.46. The van der Waals surface area contributed by atoms with Crippen molar-refractivity contribution in [3.05, 3.63) is 35.6 Å². The maximum atomic E-state index is 13.7. The van der Waals surface area contributed by atoms with E-state index in [2.05, 4.69) is 10.6 Å². The van der Waals surface area contributed by atoms with Crippen molar-refractivity contribution in [2.75, 3.05) is 0 Å². The fraction of sp³-hybridized carbons (Fsp3) is 0.611. The molecule has 0 bridgehead atoms. The number of benzene rings is 1. The first kappa shape index (κ1) is 15.5. The second-order valence-electron chi connectivity index (χ2n) is 6.81. The van der Waals surface area contributed by atoms with Crippen LogP contribution in [0.5, 0.6) is 0 Å². The van der Waals surface area contributed by atoms with Crippen LogP contribution in [0.1, 0.15) is 44.6 Å². The van der Waals surface area contributed by atoms with Crippen molar-refractivity contribution in [1.82, 2.24) is 10.6 Å². The molecule has 2 N–H and O–H groups in total. The molecule has 2 fully saturated rings. The summed E-state index contributed by atoms with van der Waals surface area (Å²) in [4.78, 5) is 12.4. The van der Waals surface area contributed by atoms with Crippen LogP contribution in [0.2, 0.25) is 0 Å². The summed E-state index contributed by atoms with van der Waals surface area (Å²) in [5.74, 6) is 0.526. The molecule has 3 nitrogen and oxygen atoms in total. The minimum absolute atomic E-state index is 0.0613. The summed E-state index contributed by atoms with van der Waals surface area (Å²) in [6.45, 7) is 1.94. The Balaban J connectivity index is 1.52. The van der Waals surface area contributed by atoms with E-state index in [-0.39, 0.29) is 23.8 Å². The predicted octanol–water partition coefficient (Wildman–Crippen LogP) is 2.79. The normalized spacial score (nSPS) is 28.9. The van der Waals surface area contributed by atoms with Gasteiger partial charge in [-0.15, -0.1) is 0 Å². The average Bonchev–Trinajstić information content (AvgIpc) is 2.93. The van der Waals surface area contributed by atoms with Crippen LogP contribution in [0.4, 0.5) is 4.39 Å². The van der Waals surface area contributed by atoms with Gasteiger partial charge in [-0.25, -0.2) is 4.39 Å². The summed E-state index contributed by atoms with van der Waals surface area (Å²) in [7, 11) is 0. The van der Waals surface area contributed by atoms with Crippen molar-refractivity contribution in [2.45, 2.75) is 63.6 Å². The number of rotatable bonds is 4. The zero-order valence-electron chi connectivity index (χ0n) is 13.1. The molecule has 1 aromatic carbocycles. The first-order chi connectivity index (χ1) is 10.6. The largest absolute Gasteiger partial charge is 0.352 e. The third-order valence-electron chi connectivity index (χ3n) is 5.05. The molecule has 4 heteroatoms. The van der Waals surface area contributed by atoms with Gasteiger partial charge in [0.2, 0.25) is 5.91 Å². The van der Waals surface area contributed by atoms with Gasteiger partial charge >= 0.3 is 0 Å². The zero-order chi connectivity index (χ0) is 15.5. The van der Waals surface area contributed by atoms with E-state index in [9.17, 15) is 9.18 Å². The Labute approximate surface area is 131 Å². The van der Waals surface area contributed by atoms with Gasteiger partial charge in [0.15, 0.2) is 0 Å². The highest BCUT2D eigenvalue weighted by molar-refractivity contribution is 5.82. The molecule has 3 rings (SSSR count). The smallest absolute Gasteiger partial charge is 0.237 e. The minimum atomic E-state index is -0.200. The van der Waals surface area contributed by atoms with Gasteiger partial charge in [0.05, 0.1) is 6.04 Å². The number of hydrogen-bond donors (Lipinski definition) is 2. The lowest BCUT2D eigenvalue weighted by Gasteiger charge is -2.24. The summed E-state index contributed by atoms with van der Waals surface area (Å²) in [6, 6.07) is 7.15. The number of carbonyl (C=O) groups excluding carboxylic acids is 1. The van der Waals surface area contributed by atoms with E-state index in [0.717, 1.165) is 6.42 Å². The van der Waals surface area contributed by atoms with E-state index in [1.165, 1.54) is 31.7 Å². The molecule has 2 aliphatic rings. The highest BCUT2D eigenvalue weighted by atomic mass is 19.1. The molecule has 4 atom stereocenters. The molecule has 1 heterocycles. The first-order valence-electron chi connectivity index (χ1n) is 8.43. The van der Waals surface area contributed by atoms with Gasteiger partial charge in [-0.05, 0) is 50.2 Å². The van der Waals surface area contributed by atoms with Crippen LogP contribution in [0.15, 0.2) is 24.3 Å². The molecule has 1 aliphatic heterocycles. The topological polar surface area (TPSA) is 41.1 Å². The van der Waals surface area contributed by atoms with Crippen LogP contribution in [-0.2, 0) is 11.2 Å². The fourth-order valence-corrected chi connectivity index (χ4v) is 3.91. The average molecular weight is 304 g/mol. The van der Waals surface area contributed by atoms with Crippen LogP contribution in [0.3, 0.4) is 0 Å². The second-order valence-corrected chi connectivity index (χ2v) is 6.81. The monoisotopic (exact) mass is 304 g/mol. The molecular formula is C18H25FN2O. The molecule has 0 radical (unpaired) electrons. The predicted molar refractivity (Wildman–Crippen MR) is 85.0 cm³/mol. The van der Waals surface area contributed by atoms with Crippen LogP contribution in [0, 0.1) is 11.7 Å². The molecule has 1 saturated carbocycles. The maximum Gasteiger partial charge on any atom is 0.237 e. The molecule has 1 aromatic rings. The Kier molecular flexibility index (Phi) is 4.77. The van der Waals surface area contributed by atoms with Gasteiger partial charge in [-0.3, -0.25) is 4.79 Å². The number of halogens is 1. The number of amides is 1. The summed E-state index contributed by atoms with van der Waals surface area (Å²) in [5.41, 5.74) is 0.656. The maximum absolute atomic E-state index is 13.7. The van der Waals surface area contributed by atoms with E-state index in [4.69, 9.17) is 0 Å². The molecule has 4 unspecified atom stereocenters. The Morgan fingerprint density at radius 3 is 2.91 bits per heavy atom. The Morgan fingerprint density at radius 1 is 1.36 bits per heavy atom. The Bertz CT molecular complexity index is 520. The van der Waals surface area contributed by atoms with Crippen LogP contribution >= 0.6 is 0 Å². The molecule has 0 aromatic heterocycles. The zero-order valence-corrected chi connectivity index (χ0v) is 13.1. The molecule has 120 valence electrons. The van der Waals surface area contributed by atoms with Crippen molar-refractivity contribution in [3.8, 4) is 0 Å². The molecule has 22 heavy (non-hydrogen) atoms. The molecular weight excluding hydrogens is 279 g/mol. The molecule has 1 aliphatic carbocycles. The van der Waals surface area contributed by atoms with Crippen molar-refractivity contribution in [3.63, 3.8) is 0 Å². The lowest BCUT2D eigenvalue weighted by molar-refractivity contribution is -0.123. The second kappa shape index (κ2) is 6.78. The first-order valence-corrected chi connectivity index (χ1v) is 8.43. The highest BCUT2D eigenvalue weighted by Crippen LogP contribution is 2.33. The summed E-state index contributed by atoms with van der Waals surface area (Å²) < 4.78 is 13.7. The van der Waals surface area contributed by atoms with E-state index in [1.54, 1.807) is 12.1 Å². The van der Waals surface area contributed by atoms with Crippen LogP contribution in [-0.4, -0.2) is 24.0 Å². The standard InChI is InChI=1S/C18H25FN2O/c1-12(10-13-6-2-4-8-15(13)19)20-18(22)17-11-14-7-3-5-9-16(14)21-17/h2,4,6,8,12,14,16-17,21H,3,5,7,9-11H2,1H3,(H,20,22). The molecule has 0 spiro atoms. The van der Waals surface area contributed by atoms with Gasteiger partial charge < -0.3 is 10.6 Å². The number of nitrogens with one attached hydrogen (secondary N) is 2. The van der Waals surface area contributed by atoms with Gasteiger partial charge in [-0.2, -0.15) is 0 Å². The third-order valence-corrected chi connectivity index (χ3v) is 5.05. The van der Waals surface area contributed by atoms with E-state index in [0.29, 0.717) is 23.9 Å². The number of carbonyl (C=O) groups is 1. The van der Waals surface area contributed by atoms with Crippen LogP contribution < -0.4 is 10.6 Å². The lowest BCUT2D eigenvalue weighted by atomic mass is 9.85. The summed E-state index contributed by atoms with van der Waals surface area (Å²) >= 11 is 0. The van der Waals surface area contributed by atoms with E-state index >= 15 is 0 Å². The van der Waals surface area contributed by atoms with Gasteiger partial charge in [0.1, 0.15) is 5.82 Å². The number of hydrogen-bond acceptors (Lipinski definition) is 2. The Hall–Kier alpha value is -1.42. The number of fused-ring (bicyclic) bond motifs is 1. The van der Waals surface area contributed by atoms with Gasteiger partial charge in [0, 0.05) is 12.1 Å². The van der Waals surface area contributed by atoms with Crippen molar-refractivity contribution in [1.29, 1.82) is 0 Å². The van der Waals surface area contributed by atoms with E-state index < -0.39 is 0 Å². The quantitative estimate of drug-likeness (QED) is 0.898.